The number of nitrogens with two attached hydrogens (primary N) is 1. The van der Waals surface area contributed by atoms with Gasteiger partial charge in [0.25, 0.3) is 0 Å². The fourth-order valence-electron chi connectivity index (χ4n) is 2.20. The van der Waals surface area contributed by atoms with Gasteiger partial charge in [-0.2, -0.15) is 18.3 Å². The van der Waals surface area contributed by atoms with Gasteiger partial charge in [-0.3, -0.25) is 10.5 Å². The van der Waals surface area contributed by atoms with Gasteiger partial charge in [0, 0.05) is 12.7 Å². The molecule has 1 aromatic carbocycles. The van der Waals surface area contributed by atoms with E-state index in [1.54, 1.807) is 16.9 Å². The van der Waals surface area contributed by atoms with Crippen LogP contribution in [0.25, 0.3) is 0 Å². The standard InChI is InChI=1S/C14H17F3N4/c1-2-9-21-12(7-8-19-21)13(20-18)10-3-5-11(6-4-10)14(15,16)17/h3-8,13,20H,2,9,18H2,1H3. The summed E-state index contributed by atoms with van der Waals surface area (Å²) >= 11 is 0. The molecule has 2 rings (SSSR count). The second-order valence-corrected chi connectivity index (χ2v) is 4.70. The number of rotatable bonds is 5. The smallest absolute Gasteiger partial charge is 0.271 e. The Morgan fingerprint density at radius 3 is 2.43 bits per heavy atom. The first kappa shape index (κ1) is 15.5. The molecular weight excluding hydrogens is 281 g/mol. The lowest BCUT2D eigenvalue weighted by molar-refractivity contribution is -0.137. The lowest BCUT2D eigenvalue weighted by Crippen LogP contribution is -2.30. The minimum absolute atomic E-state index is 0.402. The van der Waals surface area contributed by atoms with Gasteiger partial charge in [-0.15, -0.1) is 0 Å². The van der Waals surface area contributed by atoms with E-state index in [-0.39, 0.29) is 0 Å². The van der Waals surface area contributed by atoms with Crippen LogP contribution in [0.3, 0.4) is 0 Å². The van der Waals surface area contributed by atoms with Crippen molar-refractivity contribution in [1.82, 2.24) is 15.2 Å². The third kappa shape index (κ3) is 3.43. The van der Waals surface area contributed by atoms with E-state index >= 15 is 0 Å². The Morgan fingerprint density at radius 1 is 1.24 bits per heavy atom. The van der Waals surface area contributed by atoms with Crippen LogP contribution < -0.4 is 11.3 Å². The molecule has 7 heteroatoms. The largest absolute Gasteiger partial charge is 0.416 e. The van der Waals surface area contributed by atoms with Crippen LogP contribution in [0.1, 0.15) is 36.2 Å². The molecule has 0 fully saturated rings. The van der Waals surface area contributed by atoms with Gasteiger partial charge in [0.2, 0.25) is 0 Å². The monoisotopic (exact) mass is 298 g/mol. The molecule has 0 saturated carbocycles. The molecule has 0 amide bonds. The van der Waals surface area contributed by atoms with Crippen molar-refractivity contribution >= 4 is 0 Å². The maximum atomic E-state index is 12.6. The number of nitrogens with one attached hydrogen (secondary N) is 1. The number of benzene rings is 1. The van der Waals surface area contributed by atoms with Crippen LogP contribution in [0.2, 0.25) is 0 Å². The first-order valence-electron chi connectivity index (χ1n) is 6.62. The van der Waals surface area contributed by atoms with Crippen LogP contribution in [0, 0.1) is 0 Å². The van der Waals surface area contributed by atoms with E-state index in [1.807, 2.05) is 6.92 Å². The number of hydrazine groups is 1. The van der Waals surface area contributed by atoms with Crippen molar-refractivity contribution in [2.24, 2.45) is 5.84 Å². The minimum Gasteiger partial charge on any atom is -0.271 e. The summed E-state index contributed by atoms with van der Waals surface area (Å²) < 4.78 is 39.6. The lowest BCUT2D eigenvalue weighted by Gasteiger charge is -2.18. The van der Waals surface area contributed by atoms with Gasteiger partial charge >= 0.3 is 6.18 Å². The Kier molecular flexibility index (Phi) is 4.64. The highest BCUT2D eigenvalue weighted by Gasteiger charge is 2.30. The summed E-state index contributed by atoms with van der Waals surface area (Å²) in [5, 5.41) is 4.20. The van der Waals surface area contributed by atoms with Gasteiger partial charge in [0.15, 0.2) is 0 Å². The Morgan fingerprint density at radius 2 is 1.90 bits per heavy atom. The number of halogens is 3. The molecule has 0 aliphatic carbocycles. The highest BCUT2D eigenvalue weighted by molar-refractivity contribution is 5.31. The summed E-state index contributed by atoms with van der Waals surface area (Å²) in [6, 6.07) is 6.37. The van der Waals surface area contributed by atoms with Crippen LogP contribution in [0.5, 0.6) is 0 Å². The Hall–Kier alpha value is -1.86. The predicted molar refractivity (Wildman–Crippen MR) is 73.1 cm³/mol. The fourth-order valence-corrected chi connectivity index (χ4v) is 2.20. The molecule has 1 heterocycles. The molecule has 0 aliphatic heterocycles. The van der Waals surface area contributed by atoms with Crippen molar-refractivity contribution < 1.29 is 13.2 Å². The Labute approximate surface area is 120 Å². The van der Waals surface area contributed by atoms with E-state index in [1.165, 1.54) is 12.1 Å². The number of aryl methyl sites for hydroxylation is 1. The van der Waals surface area contributed by atoms with Crippen molar-refractivity contribution in [2.75, 3.05) is 0 Å². The summed E-state index contributed by atoms with van der Waals surface area (Å²) in [7, 11) is 0. The van der Waals surface area contributed by atoms with Crippen LogP contribution in [0.15, 0.2) is 36.5 Å². The van der Waals surface area contributed by atoms with Crippen LogP contribution in [0.4, 0.5) is 13.2 Å². The summed E-state index contributed by atoms with van der Waals surface area (Å²) in [4.78, 5) is 0. The van der Waals surface area contributed by atoms with Crippen LogP contribution in [-0.4, -0.2) is 9.78 Å². The van der Waals surface area contributed by atoms with Crippen molar-refractivity contribution in [3.63, 3.8) is 0 Å². The maximum Gasteiger partial charge on any atom is 0.416 e. The van der Waals surface area contributed by atoms with E-state index in [0.717, 1.165) is 30.8 Å². The second-order valence-electron chi connectivity index (χ2n) is 4.70. The van der Waals surface area contributed by atoms with Crippen molar-refractivity contribution in [2.45, 2.75) is 32.1 Å². The molecule has 0 radical (unpaired) electrons. The molecule has 0 bridgehead atoms. The summed E-state index contributed by atoms with van der Waals surface area (Å²) in [5.74, 6) is 5.57. The second kappa shape index (κ2) is 6.28. The first-order chi connectivity index (χ1) is 9.97. The SMILES string of the molecule is CCCn1nccc1C(NN)c1ccc(C(F)(F)F)cc1. The van der Waals surface area contributed by atoms with Gasteiger partial charge in [0.1, 0.15) is 0 Å². The molecule has 3 N–H and O–H groups in total. The van der Waals surface area contributed by atoms with Gasteiger partial charge in [-0.05, 0) is 30.2 Å². The molecule has 0 aliphatic rings. The van der Waals surface area contributed by atoms with E-state index in [2.05, 4.69) is 10.5 Å². The van der Waals surface area contributed by atoms with Crippen molar-refractivity contribution in [3.05, 3.63) is 53.3 Å². The number of alkyl halides is 3. The number of aromatic nitrogens is 2. The van der Waals surface area contributed by atoms with Gasteiger partial charge in [-0.1, -0.05) is 19.1 Å². The highest BCUT2D eigenvalue weighted by Crippen LogP contribution is 2.30. The van der Waals surface area contributed by atoms with Crippen molar-refractivity contribution in [3.8, 4) is 0 Å². The summed E-state index contributed by atoms with van der Waals surface area (Å²) in [5.41, 5.74) is 3.43. The predicted octanol–water partition coefficient (Wildman–Crippen LogP) is 2.86. The Bertz CT molecular complexity index is 575. The van der Waals surface area contributed by atoms with Crippen LogP contribution in [-0.2, 0) is 12.7 Å². The average Bonchev–Trinajstić information content (AvgIpc) is 2.88. The molecule has 114 valence electrons. The molecule has 21 heavy (non-hydrogen) atoms. The van der Waals surface area contributed by atoms with Gasteiger partial charge < -0.3 is 0 Å². The molecule has 0 saturated heterocycles. The van der Waals surface area contributed by atoms with E-state index in [0.29, 0.717) is 5.56 Å². The topological polar surface area (TPSA) is 55.9 Å². The summed E-state index contributed by atoms with van der Waals surface area (Å²) in [6.07, 6.45) is -1.79. The van der Waals surface area contributed by atoms with E-state index in [9.17, 15) is 13.2 Å². The van der Waals surface area contributed by atoms with Crippen molar-refractivity contribution in [1.29, 1.82) is 0 Å². The zero-order valence-electron chi connectivity index (χ0n) is 11.6. The average molecular weight is 298 g/mol. The van der Waals surface area contributed by atoms with Crippen LogP contribution >= 0.6 is 0 Å². The molecular formula is C14H17F3N4. The minimum atomic E-state index is -4.34. The summed E-state index contributed by atoms with van der Waals surface area (Å²) in [6.45, 7) is 2.75. The maximum absolute atomic E-state index is 12.6. The fraction of sp³-hybridized carbons (Fsp3) is 0.357. The molecule has 1 unspecified atom stereocenters. The van der Waals surface area contributed by atoms with E-state index in [4.69, 9.17) is 5.84 Å². The molecule has 1 atom stereocenters. The number of hydrogen-bond acceptors (Lipinski definition) is 3. The zero-order chi connectivity index (χ0) is 15.5. The normalized spacial score (nSPS) is 13.4. The Balaban J connectivity index is 2.31. The molecule has 2 aromatic rings. The molecule has 0 spiro atoms. The number of hydrogen-bond donors (Lipinski definition) is 2. The third-order valence-electron chi connectivity index (χ3n) is 3.22. The quantitative estimate of drug-likeness (QED) is 0.659. The molecule has 4 nitrogen and oxygen atoms in total. The number of nitrogens with zero attached hydrogens (tertiary/aromatic N) is 2. The molecule has 1 aromatic heterocycles. The van der Waals surface area contributed by atoms with Gasteiger partial charge in [-0.25, -0.2) is 5.43 Å². The first-order valence-corrected chi connectivity index (χ1v) is 6.62. The zero-order valence-corrected chi connectivity index (χ0v) is 11.6. The van der Waals surface area contributed by atoms with E-state index < -0.39 is 17.8 Å². The highest BCUT2D eigenvalue weighted by atomic mass is 19.4. The lowest BCUT2D eigenvalue weighted by atomic mass is 10.0. The third-order valence-corrected chi connectivity index (χ3v) is 3.22. The van der Waals surface area contributed by atoms with Gasteiger partial charge in [0.05, 0.1) is 17.3 Å².